The molecule has 1 N–H and O–H groups in total. The van der Waals surface area contributed by atoms with Gasteiger partial charge in [0.05, 0.1) is 0 Å². The summed E-state index contributed by atoms with van der Waals surface area (Å²) in [6.07, 6.45) is 2.69. The quantitative estimate of drug-likeness (QED) is 0.718. The van der Waals surface area contributed by atoms with Gasteiger partial charge >= 0.3 is 0 Å². The highest BCUT2D eigenvalue weighted by molar-refractivity contribution is 4.79. The molecule has 1 aliphatic rings. The molecule has 2 heteroatoms. The average Bonchev–Trinajstić information content (AvgIpc) is 2.04. The molecule has 0 aromatic heterocycles. The molecule has 78 valence electrons. The van der Waals surface area contributed by atoms with Gasteiger partial charge in [-0.1, -0.05) is 13.8 Å². The van der Waals surface area contributed by atoms with E-state index in [4.69, 9.17) is 0 Å². The SMILES string of the molecule is CC(C)C(C)NC1CCCN(C)C1. The summed E-state index contributed by atoms with van der Waals surface area (Å²) in [5.74, 6) is 0.743. The maximum absolute atomic E-state index is 3.71. The van der Waals surface area contributed by atoms with Crippen molar-refractivity contribution < 1.29 is 0 Å². The molecule has 1 aliphatic heterocycles. The van der Waals surface area contributed by atoms with Crippen molar-refractivity contribution in [3.63, 3.8) is 0 Å². The molecule has 0 aromatic carbocycles. The Labute approximate surface area is 82.7 Å². The lowest BCUT2D eigenvalue weighted by molar-refractivity contribution is 0.209. The fourth-order valence-electron chi connectivity index (χ4n) is 1.87. The highest BCUT2D eigenvalue weighted by Gasteiger charge is 2.19. The Bertz CT molecular complexity index is 145. The van der Waals surface area contributed by atoms with Gasteiger partial charge in [-0.15, -0.1) is 0 Å². The zero-order valence-electron chi connectivity index (χ0n) is 9.51. The smallest absolute Gasteiger partial charge is 0.0197 e. The van der Waals surface area contributed by atoms with E-state index in [1.54, 1.807) is 0 Å². The van der Waals surface area contributed by atoms with E-state index in [1.165, 1.54) is 25.9 Å². The van der Waals surface area contributed by atoms with Gasteiger partial charge in [0.1, 0.15) is 0 Å². The second-order valence-electron chi connectivity index (χ2n) is 4.80. The second kappa shape index (κ2) is 4.97. The van der Waals surface area contributed by atoms with E-state index >= 15 is 0 Å². The Morgan fingerprint density at radius 3 is 2.54 bits per heavy atom. The second-order valence-corrected chi connectivity index (χ2v) is 4.80. The van der Waals surface area contributed by atoms with Crippen LogP contribution in [0.3, 0.4) is 0 Å². The van der Waals surface area contributed by atoms with E-state index in [0.717, 1.165) is 12.0 Å². The molecule has 0 bridgehead atoms. The molecule has 2 unspecified atom stereocenters. The lowest BCUT2D eigenvalue weighted by Gasteiger charge is -2.33. The van der Waals surface area contributed by atoms with E-state index in [-0.39, 0.29) is 0 Å². The highest BCUT2D eigenvalue weighted by Crippen LogP contribution is 2.10. The molecule has 0 amide bonds. The normalized spacial score (nSPS) is 27.9. The summed E-state index contributed by atoms with van der Waals surface area (Å²) in [5, 5.41) is 3.71. The fraction of sp³-hybridized carbons (Fsp3) is 1.00. The van der Waals surface area contributed by atoms with Crippen LogP contribution in [0.4, 0.5) is 0 Å². The molecule has 0 aromatic rings. The molecule has 1 fully saturated rings. The fourth-order valence-corrected chi connectivity index (χ4v) is 1.87. The first-order valence-corrected chi connectivity index (χ1v) is 5.54. The first-order chi connectivity index (χ1) is 6.09. The van der Waals surface area contributed by atoms with Crippen molar-refractivity contribution in [3.8, 4) is 0 Å². The van der Waals surface area contributed by atoms with Crippen molar-refractivity contribution in [1.29, 1.82) is 0 Å². The van der Waals surface area contributed by atoms with Crippen LogP contribution in [0.25, 0.3) is 0 Å². The van der Waals surface area contributed by atoms with Gasteiger partial charge in [-0.2, -0.15) is 0 Å². The maximum atomic E-state index is 3.71. The van der Waals surface area contributed by atoms with Gasteiger partial charge in [0, 0.05) is 18.6 Å². The monoisotopic (exact) mass is 184 g/mol. The van der Waals surface area contributed by atoms with E-state index in [9.17, 15) is 0 Å². The number of likely N-dealkylation sites (N-methyl/N-ethyl adjacent to an activating group) is 1. The molecule has 1 heterocycles. The summed E-state index contributed by atoms with van der Waals surface area (Å²) in [6, 6.07) is 1.37. The van der Waals surface area contributed by atoms with Gasteiger partial charge in [-0.3, -0.25) is 0 Å². The van der Waals surface area contributed by atoms with Crippen molar-refractivity contribution in [3.05, 3.63) is 0 Å². The number of nitrogens with one attached hydrogen (secondary N) is 1. The van der Waals surface area contributed by atoms with Gasteiger partial charge in [-0.05, 0) is 39.3 Å². The molecular formula is C11H24N2. The third-order valence-corrected chi connectivity index (χ3v) is 3.12. The highest BCUT2D eigenvalue weighted by atomic mass is 15.1. The van der Waals surface area contributed by atoms with Crippen LogP contribution in [-0.2, 0) is 0 Å². The Morgan fingerprint density at radius 2 is 2.00 bits per heavy atom. The number of piperidine rings is 1. The first kappa shape index (κ1) is 11.0. The van der Waals surface area contributed by atoms with Crippen LogP contribution in [-0.4, -0.2) is 37.1 Å². The van der Waals surface area contributed by atoms with Gasteiger partial charge in [0.2, 0.25) is 0 Å². The zero-order chi connectivity index (χ0) is 9.84. The molecule has 1 rings (SSSR count). The van der Waals surface area contributed by atoms with Crippen LogP contribution >= 0.6 is 0 Å². The number of rotatable bonds is 3. The number of hydrogen-bond donors (Lipinski definition) is 1. The number of nitrogens with zero attached hydrogens (tertiary/aromatic N) is 1. The lowest BCUT2D eigenvalue weighted by Crippen LogP contribution is -2.48. The molecular weight excluding hydrogens is 160 g/mol. The van der Waals surface area contributed by atoms with Gasteiger partial charge in [-0.25, -0.2) is 0 Å². The van der Waals surface area contributed by atoms with Crippen LogP contribution in [0.5, 0.6) is 0 Å². The Balaban J connectivity index is 2.27. The third-order valence-electron chi connectivity index (χ3n) is 3.12. The van der Waals surface area contributed by atoms with Crippen LogP contribution < -0.4 is 5.32 Å². The van der Waals surface area contributed by atoms with Crippen molar-refractivity contribution in [1.82, 2.24) is 10.2 Å². The summed E-state index contributed by atoms with van der Waals surface area (Å²) >= 11 is 0. The largest absolute Gasteiger partial charge is 0.310 e. The third kappa shape index (κ3) is 3.65. The molecule has 0 radical (unpaired) electrons. The molecule has 2 nitrogen and oxygen atoms in total. The maximum Gasteiger partial charge on any atom is 0.0197 e. The van der Waals surface area contributed by atoms with Gasteiger partial charge in [0.15, 0.2) is 0 Å². The Hall–Kier alpha value is -0.0800. The van der Waals surface area contributed by atoms with Crippen molar-refractivity contribution >= 4 is 0 Å². The summed E-state index contributed by atoms with van der Waals surface area (Å²) < 4.78 is 0. The summed E-state index contributed by atoms with van der Waals surface area (Å²) in [4.78, 5) is 2.42. The Morgan fingerprint density at radius 1 is 1.31 bits per heavy atom. The first-order valence-electron chi connectivity index (χ1n) is 5.54. The minimum atomic E-state index is 0.650. The topological polar surface area (TPSA) is 15.3 Å². The molecule has 0 saturated carbocycles. The van der Waals surface area contributed by atoms with Gasteiger partial charge in [0.25, 0.3) is 0 Å². The summed E-state index contributed by atoms with van der Waals surface area (Å²) in [6.45, 7) is 9.35. The van der Waals surface area contributed by atoms with Crippen molar-refractivity contribution in [2.45, 2.75) is 45.7 Å². The minimum absolute atomic E-state index is 0.650. The summed E-state index contributed by atoms with van der Waals surface area (Å²) in [5.41, 5.74) is 0. The molecule has 0 spiro atoms. The van der Waals surface area contributed by atoms with E-state index in [2.05, 4.69) is 38.0 Å². The minimum Gasteiger partial charge on any atom is -0.310 e. The summed E-state index contributed by atoms with van der Waals surface area (Å²) in [7, 11) is 2.22. The predicted molar refractivity (Wildman–Crippen MR) is 58.0 cm³/mol. The standard InChI is InChI=1S/C11H24N2/c1-9(2)10(3)12-11-6-5-7-13(4)8-11/h9-12H,5-8H2,1-4H3. The predicted octanol–water partition coefficient (Wildman–Crippen LogP) is 1.71. The van der Waals surface area contributed by atoms with Crippen LogP contribution in [0.1, 0.15) is 33.6 Å². The lowest BCUT2D eigenvalue weighted by atomic mass is 10.0. The van der Waals surface area contributed by atoms with Crippen LogP contribution in [0, 0.1) is 5.92 Å². The van der Waals surface area contributed by atoms with Crippen LogP contribution in [0.2, 0.25) is 0 Å². The molecule has 0 aliphatic carbocycles. The zero-order valence-corrected chi connectivity index (χ0v) is 9.51. The van der Waals surface area contributed by atoms with E-state index < -0.39 is 0 Å². The number of hydrogen-bond acceptors (Lipinski definition) is 2. The molecule has 1 saturated heterocycles. The molecule has 13 heavy (non-hydrogen) atoms. The van der Waals surface area contributed by atoms with Gasteiger partial charge < -0.3 is 10.2 Å². The van der Waals surface area contributed by atoms with Crippen LogP contribution in [0.15, 0.2) is 0 Å². The van der Waals surface area contributed by atoms with Crippen molar-refractivity contribution in [2.75, 3.05) is 20.1 Å². The van der Waals surface area contributed by atoms with E-state index in [0.29, 0.717) is 6.04 Å². The van der Waals surface area contributed by atoms with E-state index in [1.807, 2.05) is 0 Å². The Kier molecular flexibility index (Phi) is 4.20. The van der Waals surface area contributed by atoms with Crippen molar-refractivity contribution in [2.24, 2.45) is 5.92 Å². The average molecular weight is 184 g/mol. The number of likely N-dealkylation sites (tertiary alicyclic amines) is 1. The molecule has 2 atom stereocenters.